The Balaban J connectivity index is 1.44. The first-order valence-electron chi connectivity index (χ1n) is 10.3. The van der Waals surface area contributed by atoms with Crippen molar-refractivity contribution < 1.29 is 23.9 Å². The molecule has 0 fully saturated rings. The molecule has 1 N–H and O–H groups in total. The van der Waals surface area contributed by atoms with Gasteiger partial charge in [0.25, 0.3) is 17.7 Å². The number of imide groups is 1. The van der Waals surface area contributed by atoms with Crippen LogP contribution in [0.3, 0.4) is 0 Å². The number of rotatable bonds is 8. The highest BCUT2D eigenvalue weighted by molar-refractivity contribution is 6.21. The Kier molecular flexibility index (Phi) is 6.84. The number of hydrogen-bond donors (Lipinski definition) is 1. The van der Waals surface area contributed by atoms with Gasteiger partial charge in [0.1, 0.15) is 0 Å². The topological polar surface area (TPSA) is 92.8 Å². The van der Waals surface area contributed by atoms with Gasteiger partial charge in [0.05, 0.1) is 11.1 Å². The van der Waals surface area contributed by atoms with Crippen LogP contribution in [-0.2, 0) is 14.3 Å². The molecule has 0 bridgehead atoms. The van der Waals surface area contributed by atoms with E-state index in [4.69, 9.17) is 4.74 Å². The lowest BCUT2D eigenvalue weighted by Gasteiger charge is -2.15. The van der Waals surface area contributed by atoms with Crippen molar-refractivity contribution in [3.63, 3.8) is 0 Å². The number of carbonyl (C=O) groups is 4. The van der Waals surface area contributed by atoms with E-state index < -0.39 is 18.0 Å². The summed E-state index contributed by atoms with van der Waals surface area (Å²) in [5.74, 6) is -1.30. The van der Waals surface area contributed by atoms with E-state index in [0.717, 1.165) is 10.5 Å². The maximum atomic E-state index is 12.3. The molecule has 2 aromatic rings. The third-order valence-electron chi connectivity index (χ3n) is 5.16. The van der Waals surface area contributed by atoms with E-state index in [1.165, 1.54) is 6.92 Å². The summed E-state index contributed by atoms with van der Waals surface area (Å²) in [5.41, 5.74) is 2.54. The van der Waals surface area contributed by atoms with E-state index in [2.05, 4.69) is 19.2 Å². The summed E-state index contributed by atoms with van der Waals surface area (Å²) in [6, 6.07) is 14.1. The average molecular weight is 422 g/mol. The number of benzene rings is 2. The Bertz CT molecular complexity index is 962. The number of esters is 1. The summed E-state index contributed by atoms with van der Waals surface area (Å²) >= 11 is 0. The normalized spacial score (nSPS) is 13.9. The smallest absolute Gasteiger partial charge is 0.306 e. The van der Waals surface area contributed by atoms with Crippen LogP contribution in [0.5, 0.6) is 0 Å². The molecule has 3 amide bonds. The van der Waals surface area contributed by atoms with Crippen LogP contribution in [0.4, 0.5) is 5.69 Å². The van der Waals surface area contributed by atoms with Crippen LogP contribution in [0.2, 0.25) is 0 Å². The summed E-state index contributed by atoms with van der Waals surface area (Å²) in [7, 11) is 0. The van der Waals surface area contributed by atoms with Gasteiger partial charge >= 0.3 is 5.97 Å². The van der Waals surface area contributed by atoms with Gasteiger partial charge in [-0.15, -0.1) is 0 Å². The van der Waals surface area contributed by atoms with E-state index in [9.17, 15) is 19.2 Å². The first-order chi connectivity index (χ1) is 14.8. The second-order valence-electron chi connectivity index (χ2n) is 7.81. The molecule has 0 aromatic heterocycles. The highest BCUT2D eigenvalue weighted by atomic mass is 16.5. The van der Waals surface area contributed by atoms with Crippen LogP contribution in [0, 0.1) is 0 Å². The van der Waals surface area contributed by atoms with Gasteiger partial charge in [-0.2, -0.15) is 0 Å². The fourth-order valence-electron chi connectivity index (χ4n) is 3.33. The number of ether oxygens (including phenoxy) is 1. The molecule has 0 aliphatic carbocycles. The number of fused-ring (bicyclic) bond motifs is 1. The Labute approximate surface area is 181 Å². The second kappa shape index (κ2) is 9.55. The van der Waals surface area contributed by atoms with Crippen LogP contribution in [-0.4, -0.2) is 41.2 Å². The zero-order valence-corrected chi connectivity index (χ0v) is 17.9. The molecular weight excluding hydrogens is 396 g/mol. The minimum atomic E-state index is -0.961. The number of anilines is 1. The molecule has 2 aromatic carbocycles. The zero-order chi connectivity index (χ0) is 22.5. The quantitative estimate of drug-likeness (QED) is 0.517. The standard InChI is InChI=1S/C24H26N2O5/c1-15(2)17-10-12-18(13-11-17)25-22(28)16(3)31-21(27)9-6-14-26-23(29)19-7-4-5-8-20(19)24(26)30/h4-5,7-8,10-13,15-16H,6,9,14H2,1-3H3,(H,25,28)/t16-/m0/s1. The lowest BCUT2D eigenvalue weighted by molar-refractivity contribution is -0.153. The summed E-state index contributed by atoms with van der Waals surface area (Å²) in [6.07, 6.45) is -0.708. The number of nitrogens with one attached hydrogen (secondary N) is 1. The lowest BCUT2D eigenvalue weighted by atomic mass is 10.0. The average Bonchev–Trinajstić information content (AvgIpc) is 2.99. The Hall–Kier alpha value is -3.48. The number of nitrogens with zero attached hydrogens (tertiary/aromatic N) is 1. The van der Waals surface area contributed by atoms with Crippen LogP contribution >= 0.6 is 0 Å². The van der Waals surface area contributed by atoms with Gasteiger partial charge in [-0.25, -0.2) is 0 Å². The number of amides is 3. The maximum Gasteiger partial charge on any atom is 0.306 e. The van der Waals surface area contributed by atoms with E-state index in [-0.39, 0.29) is 31.2 Å². The molecule has 1 aliphatic heterocycles. The summed E-state index contributed by atoms with van der Waals surface area (Å²) in [5, 5.41) is 2.72. The fourth-order valence-corrected chi connectivity index (χ4v) is 3.33. The van der Waals surface area contributed by atoms with Crippen molar-refractivity contribution in [2.75, 3.05) is 11.9 Å². The van der Waals surface area contributed by atoms with Crippen LogP contribution in [0.25, 0.3) is 0 Å². The van der Waals surface area contributed by atoms with Crippen molar-refractivity contribution in [2.24, 2.45) is 0 Å². The van der Waals surface area contributed by atoms with Crippen LogP contribution < -0.4 is 5.32 Å². The molecule has 0 radical (unpaired) electrons. The first kappa shape index (κ1) is 22.2. The van der Waals surface area contributed by atoms with E-state index >= 15 is 0 Å². The van der Waals surface area contributed by atoms with Crippen LogP contribution in [0.15, 0.2) is 48.5 Å². The molecule has 7 heteroatoms. The first-order valence-corrected chi connectivity index (χ1v) is 10.3. The van der Waals surface area contributed by atoms with Crippen molar-refractivity contribution in [1.29, 1.82) is 0 Å². The SMILES string of the molecule is CC(C)c1ccc(NC(=O)[C@H](C)OC(=O)CCCN2C(=O)c3ccccc3C2=O)cc1. The molecular formula is C24H26N2O5. The highest BCUT2D eigenvalue weighted by Gasteiger charge is 2.34. The van der Waals surface area contributed by atoms with E-state index in [0.29, 0.717) is 22.7 Å². The maximum absolute atomic E-state index is 12.3. The second-order valence-corrected chi connectivity index (χ2v) is 7.81. The predicted molar refractivity (Wildman–Crippen MR) is 116 cm³/mol. The number of carbonyl (C=O) groups excluding carboxylic acids is 4. The fraction of sp³-hybridized carbons (Fsp3) is 0.333. The summed E-state index contributed by atoms with van der Waals surface area (Å²) in [6.45, 7) is 5.79. The van der Waals surface area contributed by atoms with Gasteiger partial charge in [-0.3, -0.25) is 24.1 Å². The lowest BCUT2D eigenvalue weighted by Crippen LogP contribution is -2.32. The monoisotopic (exact) mass is 422 g/mol. The third kappa shape index (κ3) is 5.17. The van der Waals surface area contributed by atoms with Crippen molar-refractivity contribution in [3.05, 3.63) is 65.2 Å². The molecule has 162 valence electrons. The molecule has 7 nitrogen and oxygen atoms in total. The summed E-state index contributed by atoms with van der Waals surface area (Å²) in [4.78, 5) is 50.1. The Morgan fingerprint density at radius 3 is 2.06 bits per heavy atom. The van der Waals surface area contributed by atoms with Crippen molar-refractivity contribution in [3.8, 4) is 0 Å². The molecule has 0 saturated heterocycles. The molecule has 0 unspecified atom stereocenters. The highest BCUT2D eigenvalue weighted by Crippen LogP contribution is 2.22. The zero-order valence-electron chi connectivity index (χ0n) is 17.9. The van der Waals surface area contributed by atoms with Crippen LogP contribution in [0.1, 0.15) is 65.8 Å². The van der Waals surface area contributed by atoms with Crippen molar-refractivity contribution >= 4 is 29.4 Å². The van der Waals surface area contributed by atoms with Gasteiger partial charge in [-0.1, -0.05) is 38.1 Å². The van der Waals surface area contributed by atoms with Gasteiger partial charge in [-0.05, 0) is 49.1 Å². The summed E-state index contributed by atoms with van der Waals surface area (Å²) < 4.78 is 5.19. The molecule has 0 spiro atoms. The van der Waals surface area contributed by atoms with Gasteiger partial charge in [0, 0.05) is 18.7 Å². The van der Waals surface area contributed by atoms with Gasteiger partial charge in [0.2, 0.25) is 0 Å². The molecule has 1 aliphatic rings. The third-order valence-corrected chi connectivity index (χ3v) is 5.16. The van der Waals surface area contributed by atoms with Crippen molar-refractivity contribution in [2.45, 2.75) is 45.6 Å². The minimum Gasteiger partial charge on any atom is -0.453 e. The largest absolute Gasteiger partial charge is 0.453 e. The van der Waals surface area contributed by atoms with E-state index in [1.807, 2.05) is 24.3 Å². The predicted octanol–water partition coefficient (Wildman–Crippen LogP) is 3.76. The van der Waals surface area contributed by atoms with Gasteiger partial charge < -0.3 is 10.1 Å². The Morgan fingerprint density at radius 1 is 0.935 bits per heavy atom. The minimum absolute atomic E-state index is 0.00584. The van der Waals surface area contributed by atoms with Crippen molar-refractivity contribution in [1.82, 2.24) is 4.90 Å². The van der Waals surface area contributed by atoms with Gasteiger partial charge in [0.15, 0.2) is 6.10 Å². The Morgan fingerprint density at radius 2 is 1.52 bits per heavy atom. The molecule has 1 heterocycles. The molecule has 31 heavy (non-hydrogen) atoms. The molecule has 1 atom stereocenters. The molecule has 0 saturated carbocycles. The number of hydrogen-bond acceptors (Lipinski definition) is 5. The van der Waals surface area contributed by atoms with E-state index in [1.54, 1.807) is 24.3 Å². The molecule has 3 rings (SSSR count).